The molecule has 18 heavy (non-hydrogen) atoms. The highest BCUT2D eigenvalue weighted by molar-refractivity contribution is 5.61. The van der Waals surface area contributed by atoms with Gasteiger partial charge in [0.2, 0.25) is 0 Å². The average Bonchev–Trinajstić information content (AvgIpc) is 2.24. The van der Waals surface area contributed by atoms with Crippen LogP contribution in [0.3, 0.4) is 0 Å². The predicted molar refractivity (Wildman–Crippen MR) is 56.8 cm³/mol. The van der Waals surface area contributed by atoms with E-state index < -0.39 is 29.0 Å². The number of nitrogens with one attached hydrogen (secondary N) is 1. The molecule has 0 heterocycles. The molecule has 0 atom stereocenters. The van der Waals surface area contributed by atoms with Crippen LogP contribution in [0.2, 0.25) is 0 Å². The van der Waals surface area contributed by atoms with E-state index in [2.05, 4.69) is 5.32 Å². The van der Waals surface area contributed by atoms with Crippen LogP contribution in [0.15, 0.2) is 18.2 Å². The van der Waals surface area contributed by atoms with Crippen LogP contribution >= 0.6 is 0 Å². The van der Waals surface area contributed by atoms with Crippen molar-refractivity contribution in [1.82, 2.24) is 0 Å². The van der Waals surface area contributed by atoms with Crippen LogP contribution in [-0.4, -0.2) is 17.6 Å². The molecule has 100 valence electrons. The molecule has 0 aliphatic carbocycles. The van der Waals surface area contributed by atoms with E-state index in [-0.39, 0.29) is 18.7 Å². The number of hydrogen-bond acceptors (Lipinski definition) is 3. The van der Waals surface area contributed by atoms with E-state index in [1.165, 1.54) is 0 Å². The standard InChI is InChI=1S/C10H10F4N2O2/c11-7-2-3-8(9(6-7)16(17)18)15-5-1-4-10(12,13)14/h2-3,6,15H,1,4-5H2. The van der Waals surface area contributed by atoms with Crippen molar-refractivity contribution in [2.45, 2.75) is 19.0 Å². The SMILES string of the molecule is O=[N+]([O-])c1cc(F)ccc1NCCCC(F)(F)F. The zero-order valence-corrected chi connectivity index (χ0v) is 9.13. The fourth-order valence-corrected chi connectivity index (χ4v) is 1.32. The van der Waals surface area contributed by atoms with Gasteiger partial charge in [-0.3, -0.25) is 10.1 Å². The highest BCUT2D eigenvalue weighted by Gasteiger charge is 2.26. The Balaban J connectivity index is 2.59. The number of nitro groups is 1. The van der Waals surface area contributed by atoms with Crippen LogP contribution < -0.4 is 5.32 Å². The van der Waals surface area contributed by atoms with Crippen molar-refractivity contribution in [2.24, 2.45) is 0 Å². The van der Waals surface area contributed by atoms with Gasteiger partial charge in [0, 0.05) is 13.0 Å². The molecule has 0 radical (unpaired) electrons. The van der Waals surface area contributed by atoms with Gasteiger partial charge in [0.15, 0.2) is 0 Å². The largest absolute Gasteiger partial charge is 0.389 e. The summed E-state index contributed by atoms with van der Waals surface area (Å²) in [4.78, 5) is 9.79. The van der Waals surface area contributed by atoms with Gasteiger partial charge in [0.25, 0.3) is 5.69 Å². The zero-order valence-electron chi connectivity index (χ0n) is 9.13. The van der Waals surface area contributed by atoms with Gasteiger partial charge < -0.3 is 5.32 Å². The monoisotopic (exact) mass is 266 g/mol. The summed E-state index contributed by atoms with van der Waals surface area (Å²) in [6, 6.07) is 2.84. The lowest BCUT2D eigenvalue weighted by Gasteiger charge is -2.08. The number of anilines is 1. The number of nitrogens with zero attached hydrogens (tertiary/aromatic N) is 1. The highest BCUT2D eigenvalue weighted by Crippen LogP contribution is 2.26. The normalized spacial score (nSPS) is 11.3. The predicted octanol–water partition coefficient (Wildman–Crippen LogP) is 3.49. The van der Waals surface area contributed by atoms with E-state index >= 15 is 0 Å². The van der Waals surface area contributed by atoms with E-state index in [4.69, 9.17) is 0 Å². The molecular formula is C10H10F4N2O2. The fraction of sp³-hybridized carbons (Fsp3) is 0.400. The first-order valence-electron chi connectivity index (χ1n) is 5.04. The van der Waals surface area contributed by atoms with E-state index in [1.54, 1.807) is 0 Å². The maximum Gasteiger partial charge on any atom is 0.389 e. The molecule has 1 rings (SSSR count). The molecule has 0 spiro atoms. The molecule has 0 aliphatic rings. The molecule has 0 fully saturated rings. The molecule has 4 nitrogen and oxygen atoms in total. The minimum atomic E-state index is -4.25. The van der Waals surface area contributed by atoms with Crippen LogP contribution in [0.5, 0.6) is 0 Å². The molecule has 8 heteroatoms. The summed E-state index contributed by atoms with van der Waals surface area (Å²) in [5, 5.41) is 13.1. The highest BCUT2D eigenvalue weighted by atomic mass is 19.4. The molecule has 0 bridgehead atoms. The molecule has 1 N–H and O–H groups in total. The molecule has 0 unspecified atom stereocenters. The Kier molecular flexibility index (Phi) is 4.46. The topological polar surface area (TPSA) is 55.2 Å². The Morgan fingerprint density at radius 3 is 2.56 bits per heavy atom. The van der Waals surface area contributed by atoms with Gasteiger partial charge in [-0.1, -0.05) is 0 Å². The van der Waals surface area contributed by atoms with Gasteiger partial charge in [-0.15, -0.1) is 0 Å². The van der Waals surface area contributed by atoms with Gasteiger partial charge >= 0.3 is 6.18 Å². The first-order valence-corrected chi connectivity index (χ1v) is 5.04. The van der Waals surface area contributed by atoms with Crippen LogP contribution in [0, 0.1) is 15.9 Å². The van der Waals surface area contributed by atoms with Crippen molar-refractivity contribution < 1.29 is 22.5 Å². The summed E-state index contributed by atoms with van der Waals surface area (Å²) in [6.07, 6.45) is -5.44. The Morgan fingerprint density at radius 2 is 2.00 bits per heavy atom. The first kappa shape index (κ1) is 14.2. The van der Waals surface area contributed by atoms with Crippen molar-refractivity contribution in [2.75, 3.05) is 11.9 Å². The number of benzene rings is 1. The molecule has 0 aromatic heterocycles. The van der Waals surface area contributed by atoms with E-state index in [1.807, 2.05) is 0 Å². The minimum absolute atomic E-state index is 0.00331. The molecule has 0 saturated carbocycles. The van der Waals surface area contributed by atoms with Gasteiger partial charge in [-0.25, -0.2) is 4.39 Å². The third-order valence-electron chi connectivity index (χ3n) is 2.11. The van der Waals surface area contributed by atoms with Crippen molar-refractivity contribution >= 4 is 11.4 Å². The second-order valence-electron chi connectivity index (χ2n) is 3.56. The van der Waals surface area contributed by atoms with Crippen molar-refractivity contribution in [3.05, 3.63) is 34.1 Å². The zero-order chi connectivity index (χ0) is 13.8. The third kappa shape index (κ3) is 4.56. The summed E-state index contributed by atoms with van der Waals surface area (Å²) in [7, 11) is 0. The molecule has 1 aromatic carbocycles. The summed E-state index contributed by atoms with van der Waals surface area (Å²) in [5.41, 5.74) is -0.495. The maximum atomic E-state index is 12.8. The van der Waals surface area contributed by atoms with E-state index in [0.717, 1.165) is 12.1 Å². The lowest BCUT2D eigenvalue weighted by molar-refractivity contribution is -0.384. The molecule has 0 amide bonds. The molecular weight excluding hydrogens is 256 g/mol. The van der Waals surface area contributed by atoms with E-state index in [9.17, 15) is 27.7 Å². The van der Waals surface area contributed by atoms with Gasteiger partial charge in [0.05, 0.1) is 11.0 Å². The number of nitro benzene ring substituents is 1. The number of halogens is 4. The minimum Gasteiger partial charge on any atom is -0.379 e. The Bertz CT molecular complexity index is 434. The quantitative estimate of drug-likeness (QED) is 0.384. The van der Waals surface area contributed by atoms with Gasteiger partial charge in [-0.2, -0.15) is 13.2 Å². The summed E-state index contributed by atoms with van der Waals surface area (Å²) < 4.78 is 48.3. The van der Waals surface area contributed by atoms with Crippen LogP contribution in [0.25, 0.3) is 0 Å². The van der Waals surface area contributed by atoms with Crippen LogP contribution in [0.4, 0.5) is 28.9 Å². The molecule has 1 aromatic rings. The summed E-state index contributed by atoms with van der Waals surface area (Å²) in [5.74, 6) is -0.775. The number of alkyl halides is 3. The smallest absolute Gasteiger partial charge is 0.379 e. The molecule has 0 saturated heterocycles. The summed E-state index contributed by atoms with van der Waals surface area (Å²) in [6.45, 7) is -0.0774. The Labute approximate surface area is 99.8 Å². The number of hydrogen-bond donors (Lipinski definition) is 1. The van der Waals surface area contributed by atoms with E-state index in [0.29, 0.717) is 6.07 Å². The van der Waals surface area contributed by atoms with Crippen LogP contribution in [-0.2, 0) is 0 Å². The second-order valence-corrected chi connectivity index (χ2v) is 3.56. The van der Waals surface area contributed by atoms with Crippen molar-refractivity contribution in [1.29, 1.82) is 0 Å². The Hall–Kier alpha value is -1.86. The van der Waals surface area contributed by atoms with Crippen molar-refractivity contribution in [3.63, 3.8) is 0 Å². The maximum absolute atomic E-state index is 12.8. The van der Waals surface area contributed by atoms with Gasteiger partial charge in [-0.05, 0) is 18.6 Å². The average molecular weight is 266 g/mol. The Morgan fingerprint density at radius 1 is 1.33 bits per heavy atom. The third-order valence-corrected chi connectivity index (χ3v) is 2.11. The molecule has 0 aliphatic heterocycles. The second kappa shape index (κ2) is 5.65. The lowest BCUT2D eigenvalue weighted by atomic mass is 10.2. The van der Waals surface area contributed by atoms with Gasteiger partial charge in [0.1, 0.15) is 11.5 Å². The number of rotatable bonds is 5. The summed E-state index contributed by atoms with van der Waals surface area (Å²) >= 11 is 0. The van der Waals surface area contributed by atoms with Crippen molar-refractivity contribution in [3.8, 4) is 0 Å². The first-order chi connectivity index (χ1) is 8.29. The lowest BCUT2D eigenvalue weighted by Crippen LogP contribution is -2.11. The fourth-order valence-electron chi connectivity index (χ4n) is 1.32. The van der Waals surface area contributed by atoms with Crippen LogP contribution in [0.1, 0.15) is 12.8 Å².